The van der Waals surface area contributed by atoms with Crippen LogP contribution in [0.1, 0.15) is 85.5 Å². The van der Waals surface area contributed by atoms with Crippen LogP contribution in [0.25, 0.3) is 0 Å². The summed E-state index contributed by atoms with van der Waals surface area (Å²) in [6, 6.07) is 0.707. The smallest absolute Gasteiger partial charge is 0.303 e. The van der Waals surface area contributed by atoms with E-state index in [9.17, 15) is 4.79 Å². The first kappa shape index (κ1) is 25.4. The van der Waals surface area contributed by atoms with Gasteiger partial charge in [0, 0.05) is 24.7 Å². The van der Waals surface area contributed by atoms with Crippen LogP contribution in [-0.2, 0) is 4.79 Å². The lowest BCUT2D eigenvalue weighted by atomic mass is 10.0. The zero-order valence-electron chi connectivity index (χ0n) is 18.1. The van der Waals surface area contributed by atoms with Gasteiger partial charge >= 0.3 is 5.97 Å². The Hall–Kier alpha value is -1.55. The van der Waals surface area contributed by atoms with Crippen LogP contribution in [0.5, 0.6) is 0 Å². The molecule has 0 radical (unpaired) electrons. The van der Waals surface area contributed by atoms with Crippen LogP contribution in [0.4, 0.5) is 0 Å². The lowest BCUT2D eigenvalue weighted by molar-refractivity contribution is -0.136. The van der Waals surface area contributed by atoms with Crippen molar-refractivity contribution in [3.05, 3.63) is 35.6 Å². The molecule has 0 aromatic carbocycles. The molecule has 0 atom stereocenters. The van der Waals surface area contributed by atoms with Crippen LogP contribution in [0, 0.1) is 0 Å². The fourth-order valence-corrected chi connectivity index (χ4v) is 2.90. The van der Waals surface area contributed by atoms with Crippen LogP contribution in [0.3, 0.4) is 0 Å². The molecule has 0 aliphatic carbocycles. The average Bonchev–Trinajstić information content (AvgIpc) is 2.67. The van der Waals surface area contributed by atoms with Crippen molar-refractivity contribution >= 4 is 5.97 Å². The second kappa shape index (κ2) is 16.6. The van der Waals surface area contributed by atoms with Crippen LogP contribution < -0.4 is 10.6 Å². The molecule has 156 valence electrons. The van der Waals surface area contributed by atoms with E-state index in [0.29, 0.717) is 6.04 Å². The van der Waals surface area contributed by atoms with Crippen LogP contribution >= 0.6 is 0 Å². The van der Waals surface area contributed by atoms with E-state index >= 15 is 0 Å². The Morgan fingerprint density at radius 2 is 1.93 bits per heavy atom. The number of carboxylic acids is 1. The van der Waals surface area contributed by atoms with E-state index in [-0.39, 0.29) is 6.42 Å². The summed E-state index contributed by atoms with van der Waals surface area (Å²) in [5, 5.41) is 14.8. The first-order valence-electron chi connectivity index (χ1n) is 10.7. The maximum absolute atomic E-state index is 9.37. The number of hydrogen-bond donors (Lipinski definition) is 3. The summed E-state index contributed by atoms with van der Waals surface area (Å²) in [7, 11) is 0. The highest BCUT2D eigenvalue weighted by molar-refractivity contribution is 5.66. The Bertz CT molecular complexity index is 477. The molecular weight excluding hydrogens is 336 g/mol. The first-order valence-corrected chi connectivity index (χ1v) is 10.7. The van der Waals surface area contributed by atoms with Crippen molar-refractivity contribution in [2.45, 2.75) is 91.5 Å². The maximum atomic E-state index is 9.37. The van der Waals surface area contributed by atoms with Gasteiger partial charge in [0.1, 0.15) is 0 Å². The Labute approximate surface area is 167 Å². The zero-order chi connectivity index (χ0) is 20.5. The highest BCUT2D eigenvalue weighted by atomic mass is 16.4. The number of rotatable bonds is 12. The summed E-state index contributed by atoms with van der Waals surface area (Å²) in [5.74, 6) is -0.745. The topological polar surface area (TPSA) is 61.4 Å². The lowest BCUT2D eigenvalue weighted by Gasteiger charge is -2.17. The SMILES string of the molecule is C=C(/C=C\C1=C(C)NCCC1)CCCCCNC(CC)CC.CCC(=O)O. The molecule has 1 rings (SSSR count). The quantitative estimate of drug-likeness (QED) is 0.307. The zero-order valence-corrected chi connectivity index (χ0v) is 18.1. The molecule has 27 heavy (non-hydrogen) atoms. The fraction of sp³-hybridized carbons (Fsp3) is 0.696. The molecule has 0 saturated carbocycles. The van der Waals surface area contributed by atoms with Crippen molar-refractivity contribution in [2.24, 2.45) is 0 Å². The third-order valence-electron chi connectivity index (χ3n) is 4.91. The number of carbonyl (C=O) groups is 1. The fourth-order valence-electron chi connectivity index (χ4n) is 2.90. The molecule has 0 unspecified atom stereocenters. The van der Waals surface area contributed by atoms with Crippen molar-refractivity contribution < 1.29 is 9.90 Å². The van der Waals surface area contributed by atoms with Gasteiger partial charge in [0.05, 0.1) is 0 Å². The van der Waals surface area contributed by atoms with Crippen molar-refractivity contribution in [2.75, 3.05) is 13.1 Å². The number of carboxylic acid groups (broad SMARTS) is 1. The molecule has 0 saturated heterocycles. The van der Waals surface area contributed by atoms with Gasteiger partial charge in [-0.15, -0.1) is 0 Å². The van der Waals surface area contributed by atoms with Crippen molar-refractivity contribution in [1.29, 1.82) is 0 Å². The van der Waals surface area contributed by atoms with Gasteiger partial charge in [-0.3, -0.25) is 4.79 Å². The number of hydrogen-bond acceptors (Lipinski definition) is 3. The molecule has 0 amide bonds. The Balaban J connectivity index is 0.00000119. The second-order valence-electron chi connectivity index (χ2n) is 7.20. The molecular formula is C23H42N2O2. The summed E-state index contributed by atoms with van der Waals surface area (Å²) in [6.07, 6.45) is 14.6. The summed E-state index contributed by atoms with van der Waals surface area (Å²) in [5.41, 5.74) is 4.04. The van der Waals surface area contributed by atoms with E-state index in [1.807, 2.05) is 0 Å². The molecule has 0 spiro atoms. The minimum Gasteiger partial charge on any atom is -0.481 e. The van der Waals surface area contributed by atoms with E-state index < -0.39 is 5.97 Å². The lowest BCUT2D eigenvalue weighted by Crippen LogP contribution is -2.28. The van der Waals surface area contributed by atoms with E-state index in [4.69, 9.17) is 5.11 Å². The van der Waals surface area contributed by atoms with Crippen LogP contribution in [0.15, 0.2) is 35.6 Å². The monoisotopic (exact) mass is 378 g/mol. The van der Waals surface area contributed by atoms with E-state index in [2.05, 4.69) is 50.1 Å². The molecule has 4 nitrogen and oxygen atoms in total. The average molecular weight is 379 g/mol. The van der Waals surface area contributed by atoms with Gasteiger partial charge < -0.3 is 15.7 Å². The second-order valence-corrected chi connectivity index (χ2v) is 7.20. The highest BCUT2D eigenvalue weighted by Crippen LogP contribution is 2.17. The molecule has 0 aromatic heterocycles. The minimum absolute atomic E-state index is 0.222. The van der Waals surface area contributed by atoms with Gasteiger partial charge in [0.2, 0.25) is 0 Å². The van der Waals surface area contributed by atoms with E-state index in [1.54, 1.807) is 6.92 Å². The third kappa shape index (κ3) is 14.2. The van der Waals surface area contributed by atoms with E-state index in [0.717, 1.165) is 19.5 Å². The van der Waals surface area contributed by atoms with Crippen molar-refractivity contribution in [3.63, 3.8) is 0 Å². The summed E-state index contributed by atoms with van der Waals surface area (Å²) in [4.78, 5) is 9.37. The largest absolute Gasteiger partial charge is 0.481 e. The molecule has 1 aliphatic heterocycles. The summed E-state index contributed by atoms with van der Waals surface area (Å²) in [6.45, 7) is 14.8. The molecule has 3 N–H and O–H groups in total. The van der Waals surface area contributed by atoms with Gasteiger partial charge in [-0.05, 0) is 64.0 Å². The number of nitrogens with one attached hydrogen (secondary N) is 2. The van der Waals surface area contributed by atoms with Crippen LogP contribution in [-0.4, -0.2) is 30.2 Å². The number of unbranched alkanes of at least 4 members (excludes halogenated alkanes) is 2. The highest BCUT2D eigenvalue weighted by Gasteiger charge is 2.05. The van der Waals surface area contributed by atoms with E-state index in [1.165, 1.54) is 61.8 Å². The number of aliphatic carboxylic acids is 1. The number of allylic oxidation sites excluding steroid dienone is 5. The Morgan fingerprint density at radius 1 is 1.26 bits per heavy atom. The van der Waals surface area contributed by atoms with Gasteiger partial charge in [-0.2, -0.15) is 0 Å². The molecule has 1 heterocycles. The van der Waals surface area contributed by atoms with Crippen molar-refractivity contribution in [3.8, 4) is 0 Å². The first-order chi connectivity index (χ1) is 12.9. The molecule has 0 fully saturated rings. The summed E-state index contributed by atoms with van der Waals surface area (Å²) < 4.78 is 0. The molecule has 0 aromatic rings. The summed E-state index contributed by atoms with van der Waals surface area (Å²) >= 11 is 0. The standard InChI is InChI=1S/C20H36N2.C3H6O2/c1-5-20(6-2)22-15-9-7-8-11-17(3)13-14-19-12-10-16-21-18(19)4;1-2-3(4)5/h13-14,20-22H,3,5-12,15-16H2,1-2,4H3;2H2,1H3,(H,4,5)/b14-13-;. The molecule has 0 bridgehead atoms. The van der Waals surface area contributed by atoms with Gasteiger partial charge in [-0.25, -0.2) is 0 Å². The predicted octanol–water partition coefficient (Wildman–Crippen LogP) is 5.58. The van der Waals surface area contributed by atoms with Crippen molar-refractivity contribution in [1.82, 2.24) is 10.6 Å². The predicted molar refractivity (Wildman–Crippen MR) is 117 cm³/mol. The normalized spacial score (nSPS) is 14.1. The van der Waals surface area contributed by atoms with Gasteiger partial charge in [0.25, 0.3) is 0 Å². The Morgan fingerprint density at radius 3 is 2.48 bits per heavy atom. The maximum Gasteiger partial charge on any atom is 0.303 e. The molecule has 1 aliphatic rings. The Kier molecular flexibility index (Phi) is 15.7. The third-order valence-corrected chi connectivity index (χ3v) is 4.91. The van der Waals surface area contributed by atoms with Gasteiger partial charge in [0.15, 0.2) is 0 Å². The van der Waals surface area contributed by atoms with Crippen LogP contribution in [0.2, 0.25) is 0 Å². The molecule has 4 heteroatoms. The minimum atomic E-state index is -0.745. The van der Waals surface area contributed by atoms with Gasteiger partial charge in [-0.1, -0.05) is 51.5 Å².